The Morgan fingerprint density at radius 1 is 1.06 bits per heavy atom. The molecule has 3 aliphatic rings. The molecule has 0 aliphatic carbocycles. The summed E-state index contributed by atoms with van der Waals surface area (Å²) in [5, 5.41) is 2.63. The van der Waals surface area contributed by atoms with E-state index in [1.54, 1.807) is 17.0 Å². The van der Waals surface area contributed by atoms with Crippen LogP contribution in [-0.2, 0) is 20.9 Å². The van der Waals surface area contributed by atoms with E-state index in [-0.39, 0.29) is 43.5 Å². The van der Waals surface area contributed by atoms with Crippen LogP contribution in [-0.4, -0.2) is 68.4 Å². The Balaban J connectivity index is 1.15. The standard InChI is InChI=1S/C26H29FN4O5/c1-17(32)28-10-22-15-31(26(34)36-22)21-7-8-24(23(27)9-21)29-11-19-13-30(14-20(19)12-29)25(33)35-16-18-5-3-2-4-6-18/h2-9,19-20,22H,10-16H2,1H3,(H,28,32)/t19-,20+,22-/m0/s1. The number of anilines is 2. The Labute approximate surface area is 208 Å². The van der Waals surface area contributed by atoms with Gasteiger partial charge in [-0.3, -0.25) is 9.69 Å². The van der Waals surface area contributed by atoms with E-state index >= 15 is 4.39 Å². The van der Waals surface area contributed by atoms with Crippen molar-refractivity contribution in [3.05, 3.63) is 59.9 Å². The van der Waals surface area contributed by atoms with E-state index in [0.717, 1.165) is 5.56 Å². The van der Waals surface area contributed by atoms with Gasteiger partial charge in [0, 0.05) is 44.9 Å². The first-order chi connectivity index (χ1) is 17.4. The molecule has 2 aromatic carbocycles. The molecule has 0 saturated carbocycles. The van der Waals surface area contributed by atoms with Gasteiger partial charge in [0.1, 0.15) is 18.5 Å². The molecule has 190 valence electrons. The molecule has 0 aromatic heterocycles. The smallest absolute Gasteiger partial charge is 0.414 e. The average molecular weight is 497 g/mol. The monoisotopic (exact) mass is 496 g/mol. The van der Waals surface area contributed by atoms with E-state index in [2.05, 4.69) is 5.32 Å². The molecule has 0 bridgehead atoms. The first-order valence-electron chi connectivity index (χ1n) is 12.1. The van der Waals surface area contributed by atoms with Crippen LogP contribution in [0.15, 0.2) is 48.5 Å². The molecular formula is C26H29FN4O5. The second kappa shape index (κ2) is 10.0. The number of ether oxygens (including phenoxy) is 2. The van der Waals surface area contributed by atoms with Crippen molar-refractivity contribution in [2.45, 2.75) is 19.6 Å². The average Bonchev–Trinajstić information content (AvgIpc) is 3.55. The zero-order valence-corrected chi connectivity index (χ0v) is 20.1. The third-order valence-electron chi connectivity index (χ3n) is 6.99. The number of carbonyl (C=O) groups is 3. The fourth-order valence-corrected chi connectivity index (χ4v) is 5.17. The summed E-state index contributed by atoms with van der Waals surface area (Å²) in [7, 11) is 0. The lowest BCUT2D eigenvalue weighted by Gasteiger charge is -2.24. The van der Waals surface area contributed by atoms with Crippen LogP contribution in [0.1, 0.15) is 12.5 Å². The van der Waals surface area contributed by atoms with Crippen LogP contribution >= 0.6 is 0 Å². The number of fused-ring (bicyclic) bond motifs is 1. The first kappa shape index (κ1) is 23.9. The zero-order valence-electron chi connectivity index (χ0n) is 20.1. The van der Waals surface area contributed by atoms with E-state index in [1.165, 1.54) is 17.9 Å². The van der Waals surface area contributed by atoms with Gasteiger partial charge in [-0.2, -0.15) is 0 Å². The summed E-state index contributed by atoms with van der Waals surface area (Å²) < 4.78 is 25.8. The van der Waals surface area contributed by atoms with Crippen LogP contribution < -0.4 is 15.1 Å². The van der Waals surface area contributed by atoms with Crippen LogP contribution in [0.3, 0.4) is 0 Å². The van der Waals surface area contributed by atoms with Gasteiger partial charge in [0.2, 0.25) is 5.91 Å². The van der Waals surface area contributed by atoms with Gasteiger partial charge >= 0.3 is 12.2 Å². The Morgan fingerprint density at radius 2 is 1.78 bits per heavy atom. The third kappa shape index (κ3) is 5.07. The van der Waals surface area contributed by atoms with E-state index in [4.69, 9.17) is 9.47 Å². The number of likely N-dealkylation sites (tertiary alicyclic amines) is 1. The number of hydrogen-bond donors (Lipinski definition) is 1. The Hall–Kier alpha value is -3.82. The van der Waals surface area contributed by atoms with E-state index in [9.17, 15) is 14.4 Å². The topological polar surface area (TPSA) is 91.4 Å². The molecule has 3 fully saturated rings. The highest BCUT2D eigenvalue weighted by Crippen LogP contribution is 2.36. The lowest BCUT2D eigenvalue weighted by atomic mass is 10.0. The second-order valence-electron chi connectivity index (χ2n) is 9.56. The number of benzene rings is 2. The van der Waals surface area contributed by atoms with Crippen LogP contribution in [0.4, 0.5) is 25.4 Å². The molecule has 0 spiro atoms. The van der Waals surface area contributed by atoms with E-state index in [0.29, 0.717) is 37.6 Å². The predicted molar refractivity (Wildman–Crippen MR) is 130 cm³/mol. The summed E-state index contributed by atoms with van der Waals surface area (Å²) in [6.45, 7) is 4.56. The SMILES string of the molecule is CC(=O)NC[C@H]1CN(c2ccc(N3C[C@H]4CN(C(=O)OCc5ccccc5)C[C@H]4C3)c(F)c2)C(=O)O1. The molecule has 3 heterocycles. The second-order valence-corrected chi connectivity index (χ2v) is 9.56. The highest BCUT2D eigenvalue weighted by Gasteiger charge is 2.43. The molecule has 1 N–H and O–H groups in total. The summed E-state index contributed by atoms with van der Waals surface area (Å²) in [6, 6.07) is 14.3. The minimum atomic E-state index is -0.563. The maximum absolute atomic E-state index is 15.1. The van der Waals surface area contributed by atoms with Crippen LogP contribution in [0.2, 0.25) is 0 Å². The van der Waals surface area contributed by atoms with Gasteiger partial charge in [0.15, 0.2) is 0 Å². The van der Waals surface area contributed by atoms with Crippen LogP contribution in [0, 0.1) is 17.7 Å². The van der Waals surface area contributed by atoms with Crippen molar-refractivity contribution in [2.24, 2.45) is 11.8 Å². The minimum absolute atomic E-state index is 0.206. The van der Waals surface area contributed by atoms with Crippen molar-refractivity contribution >= 4 is 29.5 Å². The van der Waals surface area contributed by atoms with Gasteiger partial charge < -0.3 is 24.6 Å². The largest absolute Gasteiger partial charge is 0.445 e. The molecular weight excluding hydrogens is 467 g/mol. The molecule has 3 aliphatic heterocycles. The molecule has 0 unspecified atom stereocenters. The Kier molecular flexibility index (Phi) is 6.67. The van der Waals surface area contributed by atoms with E-state index < -0.39 is 18.0 Å². The van der Waals surface area contributed by atoms with Crippen molar-refractivity contribution in [2.75, 3.05) is 49.1 Å². The highest BCUT2D eigenvalue weighted by atomic mass is 19.1. The molecule has 5 rings (SSSR count). The molecule has 10 heteroatoms. The van der Waals surface area contributed by atoms with Gasteiger partial charge in [-0.05, 0) is 23.8 Å². The van der Waals surface area contributed by atoms with Gasteiger partial charge in [0.25, 0.3) is 0 Å². The van der Waals surface area contributed by atoms with Crippen LogP contribution in [0.25, 0.3) is 0 Å². The maximum atomic E-state index is 15.1. The Morgan fingerprint density at radius 3 is 2.44 bits per heavy atom. The number of cyclic esters (lactones) is 1. The van der Waals surface area contributed by atoms with Crippen molar-refractivity contribution in [3.8, 4) is 0 Å². The summed E-state index contributed by atoms with van der Waals surface area (Å²) in [6.07, 6.45) is -1.36. The number of amides is 3. The summed E-state index contributed by atoms with van der Waals surface area (Å²) in [4.78, 5) is 41.0. The number of halogens is 1. The van der Waals surface area contributed by atoms with Crippen molar-refractivity contribution in [1.82, 2.24) is 10.2 Å². The van der Waals surface area contributed by atoms with Gasteiger partial charge in [-0.15, -0.1) is 0 Å². The van der Waals surface area contributed by atoms with Gasteiger partial charge in [-0.1, -0.05) is 30.3 Å². The van der Waals surface area contributed by atoms with Crippen LogP contribution in [0.5, 0.6) is 0 Å². The quantitative estimate of drug-likeness (QED) is 0.661. The van der Waals surface area contributed by atoms with Gasteiger partial charge in [-0.25, -0.2) is 14.0 Å². The Bertz CT molecular complexity index is 1130. The van der Waals surface area contributed by atoms with Crippen molar-refractivity contribution in [1.29, 1.82) is 0 Å². The van der Waals surface area contributed by atoms with Gasteiger partial charge in [0.05, 0.1) is 24.5 Å². The molecule has 2 aromatic rings. The van der Waals surface area contributed by atoms with E-state index in [1.807, 2.05) is 35.2 Å². The van der Waals surface area contributed by atoms with Crippen molar-refractivity contribution in [3.63, 3.8) is 0 Å². The highest BCUT2D eigenvalue weighted by molar-refractivity contribution is 5.90. The summed E-state index contributed by atoms with van der Waals surface area (Å²) in [5.74, 6) is -0.125. The molecule has 3 atom stereocenters. The number of hydrogen-bond acceptors (Lipinski definition) is 6. The molecule has 3 amide bonds. The number of rotatable bonds is 6. The molecule has 9 nitrogen and oxygen atoms in total. The van der Waals surface area contributed by atoms with Crippen molar-refractivity contribution < 1.29 is 28.2 Å². The summed E-state index contributed by atoms with van der Waals surface area (Å²) >= 11 is 0. The molecule has 0 radical (unpaired) electrons. The minimum Gasteiger partial charge on any atom is -0.445 e. The normalized spacial score (nSPS) is 23.0. The lowest BCUT2D eigenvalue weighted by molar-refractivity contribution is -0.119. The molecule has 3 saturated heterocycles. The number of carbonyl (C=O) groups excluding carboxylic acids is 3. The lowest BCUT2D eigenvalue weighted by Crippen LogP contribution is -2.34. The third-order valence-corrected chi connectivity index (χ3v) is 6.99. The summed E-state index contributed by atoms with van der Waals surface area (Å²) in [5.41, 5.74) is 1.84. The predicted octanol–water partition coefficient (Wildman–Crippen LogP) is 2.99. The fraction of sp³-hybridized carbons (Fsp3) is 0.423. The fourth-order valence-electron chi connectivity index (χ4n) is 5.17. The molecule has 36 heavy (non-hydrogen) atoms. The zero-order chi connectivity index (χ0) is 25.2. The maximum Gasteiger partial charge on any atom is 0.414 e. The number of nitrogens with zero attached hydrogens (tertiary/aromatic N) is 3. The first-order valence-corrected chi connectivity index (χ1v) is 12.1. The number of nitrogens with one attached hydrogen (secondary N) is 1.